The molecule has 3 heteroatoms. The van der Waals surface area contributed by atoms with Crippen molar-refractivity contribution in [1.29, 1.82) is 0 Å². The van der Waals surface area contributed by atoms with Crippen molar-refractivity contribution in [2.45, 2.75) is 39.8 Å². The summed E-state index contributed by atoms with van der Waals surface area (Å²) in [7, 11) is 0. The molecule has 0 aliphatic carbocycles. The third-order valence-corrected chi connectivity index (χ3v) is 2.07. The highest BCUT2D eigenvalue weighted by Gasteiger charge is 2.33. The van der Waals surface area contributed by atoms with Crippen LogP contribution in [-0.2, 0) is 9.53 Å². The molecule has 0 aromatic heterocycles. The number of nitrogens with one attached hydrogen (secondary N) is 1. The average Bonchev–Trinajstić information content (AvgIpc) is 1.95. The number of rotatable bonds is 1. The fourth-order valence-corrected chi connectivity index (χ4v) is 0.908. The molecular weight excluding hydrogens is 154 g/mol. The van der Waals surface area contributed by atoms with Gasteiger partial charge in [0.05, 0.1) is 5.41 Å². The highest BCUT2D eigenvalue weighted by molar-refractivity contribution is 5.75. The fraction of sp³-hybridized carbons (Fsp3) is 0.889. The van der Waals surface area contributed by atoms with Crippen molar-refractivity contribution in [3.8, 4) is 0 Å². The van der Waals surface area contributed by atoms with Crippen molar-refractivity contribution >= 4 is 5.97 Å². The largest absolute Gasteiger partial charge is 0.459 e. The minimum absolute atomic E-state index is 0.0803. The standard InChI is InChI=1S/C9H17NO2/c1-6-7(5-10-6)12-8(11)9(2,3)4/h6-7,10H,5H2,1-4H3. The van der Waals surface area contributed by atoms with E-state index in [4.69, 9.17) is 4.74 Å². The van der Waals surface area contributed by atoms with Crippen LogP contribution >= 0.6 is 0 Å². The van der Waals surface area contributed by atoms with Gasteiger partial charge >= 0.3 is 5.97 Å². The van der Waals surface area contributed by atoms with E-state index in [0.29, 0.717) is 6.04 Å². The Morgan fingerprint density at radius 1 is 1.50 bits per heavy atom. The summed E-state index contributed by atoms with van der Waals surface area (Å²) in [5.74, 6) is -0.110. The summed E-state index contributed by atoms with van der Waals surface area (Å²) in [6.45, 7) is 8.41. The molecule has 3 nitrogen and oxygen atoms in total. The van der Waals surface area contributed by atoms with E-state index in [2.05, 4.69) is 5.32 Å². The molecule has 1 N–H and O–H groups in total. The van der Waals surface area contributed by atoms with Crippen molar-refractivity contribution in [3.05, 3.63) is 0 Å². The van der Waals surface area contributed by atoms with Crippen LogP contribution in [0.3, 0.4) is 0 Å². The summed E-state index contributed by atoms with van der Waals surface area (Å²) in [5.41, 5.74) is -0.380. The molecule has 0 radical (unpaired) electrons. The first-order chi connectivity index (χ1) is 5.41. The van der Waals surface area contributed by atoms with Crippen molar-refractivity contribution in [1.82, 2.24) is 5.32 Å². The second-order valence-corrected chi connectivity index (χ2v) is 4.39. The minimum atomic E-state index is -0.380. The lowest BCUT2D eigenvalue weighted by atomic mass is 9.96. The predicted molar refractivity (Wildman–Crippen MR) is 46.8 cm³/mol. The van der Waals surface area contributed by atoms with Gasteiger partial charge in [0, 0.05) is 12.6 Å². The molecule has 0 aromatic carbocycles. The molecule has 0 amide bonds. The Labute approximate surface area is 73.5 Å². The third kappa shape index (κ3) is 1.97. The molecule has 1 aliphatic heterocycles. The quantitative estimate of drug-likeness (QED) is 0.597. The van der Waals surface area contributed by atoms with Gasteiger partial charge in [0.1, 0.15) is 6.10 Å². The highest BCUT2D eigenvalue weighted by atomic mass is 16.5. The Hall–Kier alpha value is -0.570. The van der Waals surface area contributed by atoms with Crippen LogP contribution < -0.4 is 5.32 Å². The van der Waals surface area contributed by atoms with Gasteiger partial charge in [-0.05, 0) is 27.7 Å². The topological polar surface area (TPSA) is 38.3 Å². The van der Waals surface area contributed by atoms with Crippen LogP contribution in [0.1, 0.15) is 27.7 Å². The molecule has 1 saturated heterocycles. The van der Waals surface area contributed by atoms with Crippen LogP contribution in [0, 0.1) is 5.41 Å². The van der Waals surface area contributed by atoms with Gasteiger partial charge in [-0.3, -0.25) is 4.79 Å². The maximum Gasteiger partial charge on any atom is 0.311 e. The zero-order valence-electron chi connectivity index (χ0n) is 8.18. The van der Waals surface area contributed by atoms with E-state index in [1.54, 1.807) is 0 Å². The molecule has 12 heavy (non-hydrogen) atoms. The zero-order chi connectivity index (χ0) is 9.35. The van der Waals surface area contributed by atoms with E-state index in [1.165, 1.54) is 0 Å². The van der Waals surface area contributed by atoms with Gasteiger partial charge in [-0.1, -0.05) is 0 Å². The lowest BCUT2D eigenvalue weighted by molar-refractivity contribution is -0.163. The normalized spacial score (nSPS) is 29.3. The molecule has 2 unspecified atom stereocenters. The minimum Gasteiger partial charge on any atom is -0.459 e. The first-order valence-corrected chi connectivity index (χ1v) is 4.36. The number of ether oxygens (including phenoxy) is 1. The molecule has 1 rings (SSSR count). The number of carbonyl (C=O) groups excluding carboxylic acids is 1. The van der Waals surface area contributed by atoms with Crippen LogP contribution in [0.25, 0.3) is 0 Å². The van der Waals surface area contributed by atoms with E-state index in [1.807, 2.05) is 27.7 Å². The van der Waals surface area contributed by atoms with Crippen LogP contribution in [0.2, 0.25) is 0 Å². The number of hydrogen-bond acceptors (Lipinski definition) is 3. The van der Waals surface area contributed by atoms with E-state index < -0.39 is 0 Å². The number of esters is 1. The van der Waals surface area contributed by atoms with Crippen molar-refractivity contribution < 1.29 is 9.53 Å². The Bertz CT molecular complexity index is 183. The van der Waals surface area contributed by atoms with E-state index in [9.17, 15) is 4.79 Å². The van der Waals surface area contributed by atoms with Gasteiger partial charge < -0.3 is 10.1 Å². The van der Waals surface area contributed by atoms with Gasteiger partial charge in [-0.25, -0.2) is 0 Å². The molecule has 1 aliphatic rings. The number of hydrogen-bond donors (Lipinski definition) is 1. The maximum absolute atomic E-state index is 11.4. The predicted octanol–water partition coefficient (Wildman–Crippen LogP) is 0.936. The second-order valence-electron chi connectivity index (χ2n) is 4.39. The summed E-state index contributed by atoms with van der Waals surface area (Å²) in [6, 6.07) is 0.316. The Kier molecular flexibility index (Phi) is 2.42. The Balaban J connectivity index is 2.36. The van der Waals surface area contributed by atoms with Gasteiger partial charge in [0.2, 0.25) is 0 Å². The van der Waals surface area contributed by atoms with Crippen molar-refractivity contribution in [2.75, 3.05) is 6.54 Å². The summed E-state index contributed by atoms with van der Waals surface area (Å²) in [5, 5.41) is 3.14. The second kappa shape index (κ2) is 3.05. The van der Waals surface area contributed by atoms with Crippen LogP contribution in [-0.4, -0.2) is 24.7 Å². The summed E-state index contributed by atoms with van der Waals surface area (Å²) >= 11 is 0. The average molecular weight is 171 g/mol. The fourth-order valence-electron chi connectivity index (χ4n) is 0.908. The van der Waals surface area contributed by atoms with Crippen molar-refractivity contribution in [3.63, 3.8) is 0 Å². The Morgan fingerprint density at radius 2 is 2.08 bits per heavy atom. The van der Waals surface area contributed by atoms with Crippen LogP contribution in [0.5, 0.6) is 0 Å². The smallest absolute Gasteiger partial charge is 0.311 e. The Morgan fingerprint density at radius 3 is 2.33 bits per heavy atom. The molecule has 1 fully saturated rings. The lowest BCUT2D eigenvalue weighted by Gasteiger charge is -2.36. The van der Waals surface area contributed by atoms with Gasteiger partial charge in [-0.2, -0.15) is 0 Å². The molecule has 2 atom stereocenters. The van der Waals surface area contributed by atoms with Gasteiger partial charge in [-0.15, -0.1) is 0 Å². The maximum atomic E-state index is 11.4. The van der Waals surface area contributed by atoms with Gasteiger partial charge in [0.15, 0.2) is 0 Å². The third-order valence-electron chi connectivity index (χ3n) is 2.07. The summed E-state index contributed by atoms with van der Waals surface area (Å²) < 4.78 is 5.26. The molecule has 1 heterocycles. The monoisotopic (exact) mass is 171 g/mol. The zero-order valence-corrected chi connectivity index (χ0v) is 8.18. The number of carbonyl (C=O) groups is 1. The van der Waals surface area contributed by atoms with Crippen molar-refractivity contribution in [2.24, 2.45) is 5.41 Å². The summed E-state index contributed by atoms with van der Waals surface area (Å²) in [6.07, 6.45) is 0.0803. The van der Waals surface area contributed by atoms with Crippen LogP contribution in [0.4, 0.5) is 0 Å². The molecular formula is C9H17NO2. The van der Waals surface area contributed by atoms with Gasteiger partial charge in [0.25, 0.3) is 0 Å². The van der Waals surface area contributed by atoms with E-state index in [-0.39, 0.29) is 17.5 Å². The molecule has 0 bridgehead atoms. The lowest BCUT2D eigenvalue weighted by Crippen LogP contribution is -2.58. The first kappa shape index (κ1) is 9.52. The highest BCUT2D eigenvalue weighted by Crippen LogP contribution is 2.19. The van der Waals surface area contributed by atoms with E-state index >= 15 is 0 Å². The molecule has 0 spiro atoms. The molecule has 70 valence electrons. The molecule has 0 aromatic rings. The van der Waals surface area contributed by atoms with E-state index in [0.717, 1.165) is 6.54 Å². The SMILES string of the molecule is CC1NCC1OC(=O)C(C)(C)C. The molecule has 0 saturated carbocycles. The first-order valence-electron chi connectivity index (χ1n) is 4.36. The summed E-state index contributed by atoms with van der Waals surface area (Å²) in [4.78, 5) is 11.4. The van der Waals surface area contributed by atoms with Crippen LogP contribution in [0.15, 0.2) is 0 Å².